The lowest BCUT2D eigenvalue weighted by Gasteiger charge is -2.24. The van der Waals surface area contributed by atoms with E-state index in [0.717, 1.165) is 12.2 Å². The van der Waals surface area contributed by atoms with Gasteiger partial charge in [0.25, 0.3) is 0 Å². The average molecular weight is 258 g/mol. The van der Waals surface area contributed by atoms with Gasteiger partial charge in [0.2, 0.25) is 5.88 Å². The minimum absolute atomic E-state index is 0.109. The standard InChI is InChI=1S/C15H18N2O2/c1-19-15-11-14(7-8-16-15)17(9-10-18)12-13-5-3-2-4-6-13/h2-8,11,18H,9-10,12H2,1H3. The van der Waals surface area contributed by atoms with Crippen molar-refractivity contribution in [3.8, 4) is 5.88 Å². The molecule has 0 bridgehead atoms. The predicted octanol–water partition coefficient (Wildman–Crippen LogP) is 2.09. The Morgan fingerprint density at radius 2 is 2.00 bits per heavy atom. The molecule has 100 valence electrons. The van der Waals surface area contributed by atoms with Gasteiger partial charge in [0.1, 0.15) is 0 Å². The van der Waals surface area contributed by atoms with E-state index in [1.54, 1.807) is 13.3 Å². The molecular formula is C15H18N2O2. The summed E-state index contributed by atoms with van der Waals surface area (Å²) in [7, 11) is 1.60. The Morgan fingerprint density at radius 1 is 1.21 bits per heavy atom. The number of pyridine rings is 1. The third-order valence-electron chi connectivity index (χ3n) is 2.88. The van der Waals surface area contributed by atoms with Crippen LogP contribution in [0.2, 0.25) is 0 Å². The molecule has 0 unspecified atom stereocenters. The maximum atomic E-state index is 9.21. The molecule has 0 aliphatic rings. The fourth-order valence-corrected chi connectivity index (χ4v) is 1.93. The Kier molecular flexibility index (Phi) is 4.75. The van der Waals surface area contributed by atoms with E-state index in [4.69, 9.17) is 4.74 Å². The topological polar surface area (TPSA) is 45.6 Å². The number of anilines is 1. The number of aromatic nitrogens is 1. The lowest BCUT2D eigenvalue weighted by atomic mass is 10.2. The molecule has 0 saturated heterocycles. The summed E-state index contributed by atoms with van der Waals surface area (Å²) < 4.78 is 5.13. The third kappa shape index (κ3) is 3.69. The summed E-state index contributed by atoms with van der Waals surface area (Å²) in [5.41, 5.74) is 2.19. The molecule has 0 saturated carbocycles. The molecule has 0 aliphatic heterocycles. The van der Waals surface area contributed by atoms with Gasteiger partial charge < -0.3 is 14.7 Å². The number of rotatable bonds is 6. The van der Waals surface area contributed by atoms with Crippen molar-refractivity contribution in [2.75, 3.05) is 25.2 Å². The maximum Gasteiger partial charge on any atom is 0.214 e. The van der Waals surface area contributed by atoms with Crippen LogP contribution in [0.1, 0.15) is 5.56 Å². The molecule has 1 aromatic heterocycles. The van der Waals surface area contributed by atoms with E-state index in [1.807, 2.05) is 30.3 Å². The first kappa shape index (κ1) is 13.4. The second kappa shape index (κ2) is 6.75. The van der Waals surface area contributed by atoms with E-state index in [0.29, 0.717) is 12.4 Å². The number of hydrogen-bond acceptors (Lipinski definition) is 4. The molecule has 0 aliphatic carbocycles. The van der Waals surface area contributed by atoms with E-state index in [9.17, 15) is 5.11 Å². The summed E-state index contributed by atoms with van der Waals surface area (Å²) in [6.45, 7) is 1.42. The summed E-state index contributed by atoms with van der Waals surface area (Å²) in [5, 5.41) is 9.21. The Labute approximate surface area is 113 Å². The van der Waals surface area contributed by atoms with Gasteiger partial charge in [-0.25, -0.2) is 4.98 Å². The molecule has 0 amide bonds. The third-order valence-corrected chi connectivity index (χ3v) is 2.88. The molecule has 1 aromatic carbocycles. The molecule has 1 heterocycles. The zero-order valence-corrected chi connectivity index (χ0v) is 11.0. The maximum absolute atomic E-state index is 9.21. The first-order valence-corrected chi connectivity index (χ1v) is 6.23. The largest absolute Gasteiger partial charge is 0.481 e. The van der Waals surface area contributed by atoms with Crippen LogP contribution in [0.4, 0.5) is 5.69 Å². The second-order valence-electron chi connectivity index (χ2n) is 4.19. The highest BCUT2D eigenvalue weighted by Crippen LogP contribution is 2.20. The van der Waals surface area contributed by atoms with Crippen molar-refractivity contribution in [2.45, 2.75) is 6.54 Å². The fourth-order valence-electron chi connectivity index (χ4n) is 1.93. The van der Waals surface area contributed by atoms with Crippen LogP contribution in [0, 0.1) is 0 Å². The second-order valence-corrected chi connectivity index (χ2v) is 4.19. The molecular weight excluding hydrogens is 240 g/mol. The average Bonchev–Trinajstić information content (AvgIpc) is 2.48. The van der Waals surface area contributed by atoms with Crippen LogP contribution in [0.25, 0.3) is 0 Å². The van der Waals surface area contributed by atoms with Crippen LogP contribution in [-0.2, 0) is 6.54 Å². The van der Waals surface area contributed by atoms with E-state index < -0.39 is 0 Å². The zero-order chi connectivity index (χ0) is 13.5. The van der Waals surface area contributed by atoms with Crippen LogP contribution in [0.5, 0.6) is 5.88 Å². The van der Waals surface area contributed by atoms with E-state index in [-0.39, 0.29) is 6.61 Å². The van der Waals surface area contributed by atoms with Crippen molar-refractivity contribution in [1.82, 2.24) is 4.98 Å². The van der Waals surface area contributed by atoms with Crippen molar-refractivity contribution < 1.29 is 9.84 Å². The van der Waals surface area contributed by atoms with Gasteiger partial charge in [0.15, 0.2) is 0 Å². The SMILES string of the molecule is COc1cc(N(CCO)Cc2ccccc2)ccn1. The molecule has 0 fully saturated rings. The summed E-state index contributed by atoms with van der Waals surface area (Å²) in [6.07, 6.45) is 1.71. The molecule has 2 rings (SSSR count). The normalized spacial score (nSPS) is 10.2. The zero-order valence-electron chi connectivity index (χ0n) is 11.0. The van der Waals surface area contributed by atoms with Crippen LogP contribution < -0.4 is 9.64 Å². The van der Waals surface area contributed by atoms with Crippen LogP contribution in [-0.4, -0.2) is 30.4 Å². The molecule has 19 heavy (non-hydrogen) atoms. The minimum atomic E-state index is 0.109. The van der Waals surface area contributed by atoms with Crippen LogP contribution >= 0.6 is 0 Å². The van der Waals surface area contributed by atoms with Gasteiger partial charge in [0, 0.05) is 31.0 Å². The van der Waals surface area contributed by atoms with Crippen molar-refractivity contribution in [2.24, 2.45) is 0 Å². The molecule has 2 aromatic rings. The highest BCUT2D eigenvalue weighted by molar-refractivity contribution is 5.48. The quantitative estimate of drug-likeness (QED) is 0.861. The first-order chi connectivity index (χ1) is 9.33. The Balaban J connectivity index is 2.19. The van der Waals surface area contributed by atoms with Gasteiger partial charge in [-0.2, -0.15) is 0 Å². The number of benzene rings is 1. The lowest BCUT2D eigenvalue weighted by molar-refractivity contribution is 0.301. The molecule has 0 radical (unpaired) electrons. The molecule has 4 nitrogen and oxygen atoms in total. The van der Waals surface area contributed by atoms with Gasteiger partial charge in [-0.15, -0.1) is 0 Å². The van der Waals surface area contributed by atoms with Crippen LogP contribution in [0.15, 0.2) is 48.7 Å². The van der Waals surface area contributed by atoms with Crippen LogP contribution in [0.3, 0.4) is 0 Å². The van der Waals surface area contributed by atoms with E-state index in [2.05, 4.69) is 22.0 Å². The predicted molar refractivity (Wildman–Crippen MR) is 75.4 cm³/mol. The van der Waals surface area contributed by atoms with Gasteiger partial charge in [-0.05, 0) is 11.6 Å². The number of aliphatic hydroxyl groups excluding tert-OH is 1. The van der Waals surface area contributed by atoms with Crippen molar-refractivity contribution >= 4 is 5.69 Å². The monoisotopic (exact) mass is 258 g/mol. The van der Waals surface area contributed by atoms with E-state index in [1.165, 1.54) is 5.56 Å². The summed E-state index contributed by atoms with van der Waals surface area (Å²) in [6, 6.07) is 14.0. The molecule has 0 spiro atoms. The van der Waals surface area contributed by atoms with Crippen molar-refractivity contribution in [3.05, 3.63) is 54.2 Å². The molecule has 1 N–H and O–H groups in total. The Bertz CT molecular complexity index is 503. The number of ether oxygens (including phenoxy) is 1. The highest BCUT2D eigenvalue weighted by Gasteiger charge is 2.08. The van der Waals surface area contributed by atoms with E-state index >= 15 is 0 Å². The van der Waals surface area contributed by atoms with Crippen molar-refractivity contribution in [1.29, 1.82) is 0 Å². The lowest BCUT2D eigenvalue weighted by Crippen LogP contribution is -2.26. The number of methoxy groups -OCH3 is 1. The van der Waals surface area contributed by atoms with Gasteiger partial charge in [-0.1, -0.05) is 30.3 Å². The fraction of sp³-hybridized carbons (Fsp3) is 0.267. The smallest absolute Gasteiger partial charge is 0.214 e. The van der Waals surface area contributed by atoms with Gasteiger partial charge >= 0.3 is 0 Å². The number of nitrogens with zero attached hydrogens (tertiary/aromatic N) is 2. The summed E-state index contributed by atoms with van der Waals surface area (Å²) in [5.74, 6) is 0.577. The molecule has 4 heteroatoms. The molecule has 0 atom stereocenters. The number of hydrogen-bond donors (Lipinski definition) is 1. The highest BCUT2D eigenvalue weighted by atomic mass is 16.5. The Hall–Kier alpha value is -2.07. The van der Waals surface area contributed by atoms with Gasteiger partial charge in [-0.3, -0.25) is 0 Å². The van der Waals surface area contributed by atoms with Gasteiger partial charge in [0.05, 0.1) is 13.7 Å². The minimum Gasteiger partial charge on any atom is -0.481 e. The van der Waals surface area contributed by atoms with Crippen molar-refractivity contribution in [3.63, 3.8) is 0 Å². The number of aliphatic hydroxyl groups is 1. The summed E-state index contributed by atoms with van der Waals surface area (Å²) in [4.78, 5) is 6.19. The first-order valence-electron chi connectivity index (χ1n) is 6.23. The summed E-state index contributed by atoms with van der Waals surface area (Å²) >= 11 is 0. The Morgan fingerprint density at radius 3 is 2.68 bits per heavy atom.